The molecule has 6 rings (SSSR count). The molecule has 1 aliphatic rings. The van der Waals surface area contributed by atoms with Crippen molar-refractivity contribution in [3.63, 3.8) is 0 Å². The number of aryl methyl sites for hydroxylation is 1. The number of nitrogens with zero attached hydrogens (tertiary/aromatic N) is 5. The van der Waals surface area contributed by atoms with Gasteiger partial charge in [0, 0.05) is 47.4 Å². The number of hydrogen-bond acceptors (Lipinski definition) is 6. The van der Waals surface area contributed by atoms with Gasteiger partial charge in [-0.15, -0.1) is 0 Å². The van der Waals surface area contributed by atoms with Crippen LogP contribution < -0.4 is 10.5 Å². The molecule has 5 aromatic rings. The van der Waals surface area contributed by atoms with Gasteiger partial charge in [-0.05, 0) is 63.6 Å². The summed E-state index contributed by atoms with van der Waals surface area (Å²) >= 11 is 0. The number of rotatable bonds is 6. The molecule has 194 valence electrons. The predicted molar refractivity (Wildman–Crippen MR) is 147 cm³/mol. The molecule has 0 bridgehead atoms. The molecule has 3 aromatic heterocycles. The van der Waals surface area contributed by atoms with E-state index in [1.54, 1.807) is 18.7 Å². The van der Waals surface area contributed by atoms with Gasteiger partial charge in [0.15, 0.2) is 0 Å². The van der Waals surface area contributed by atoms with Gasteiger partial charge in [0.2, 0.25) is 5.91 Å². The van der Waals surface area contributed by atoms with Crippen molar-refractivity contribution in [1.82, 2.24) is 29.9 Å². The minimum Gasteiger partial charge on any atom is -0.486 e. The van der Waals surface area contributed by atoms with Gasteiger partial charge in [-0.2, -0.15) is 10.2 Å². The van der Waals surface area contributed by atoms with Gasteiger partial charge >= 0.3 is 0 Å². The first-order valence-corrected chi connectivity index (χ1v) is 12.8. The smallest absolute Gasteiger partial charge is 0.242 e. The molecular weight excluding hydrogens is 478 g/mol. The molecule has 2 aromatic carbocycles. The third kappa shape index (κ3) is 4.28. The predicted octanol–water partition coefficient (Wildman–Crippen LogP) is 4.54. The molecule has 9 heteroatoms. The minimum absolute atomic E-state index is 0.0453. The van der Waals surface area contributed by atoms with E-state index in [0.29, 0.717) is 13.1 Å². The summed E-state index contributed by atoms with van der Waals surface area (Å²) in [6, 6.07) is 14.4. The van der Waals surface area contributed by atoms with E-state index in [0.717, 1.165) is 49.9 Å². The van der Waals surface area contributed by atoms with Crippen LogP contribution in [0.4, 0.5) is 0 Å². The van der Waals surface area contributed by atoms with Gasteiger partial charge in [0.25, 0.3) is 0 Å². The molecule has 38 heavy (non-hydrogen) atoms. The van der Waals surface area contributed by atoms with Crippen LogP contribution in [-0.2, 0) is 4.79 Å². The maximum Gasteiger partial charge on any atom is 0.242 e. The van der Waals surface area contributed by atoms with Crippen LogP contribution >= 0.6 is 0 Å². The molecule has 1 aliphatic heterocycles. The fourth-order valence-corrected chi connectivity index (χ4v) is 5.10. The molecule has 1 saturated heterocycles. The summed E-state index contributed by atoms with van der Waals surface area (Å²) in [6.07, 6.45) is 5.45. The second-order valence-electron chi connectivity index (χ2n) is 10.8. The van der Waals surface area contributed by atoms with Gasteiger partial charge in [0.1, 0.15) is 17.5 Å². The minimum atomic E-state index is -0.866. The monoisotopic (exact) mass is 509 g/mol. The van der Waals surface area contributed by atoms with Gasteiger partial charge in [-0.3, -0.25) is 19.6 Å². The maximum absolute atomic E-state index is 12.4. The van der Waals surface area contributed by atoms with Crippen LogP contribution in [0.25, 0.3) is 33.1 Å². The number of H-pyrrole nitrogens is 1. The zero-order valence-electron chi connectivity index (χ0n) is 22.0. The fourth-order valence-electron chi connectivity index (χ4n) is 5.10. The summed E-state index contributed by atoms with van der Waals surface area (Å²) in [4.78, 5) is 18.7. The Labute approximate surface area is 220 Å². The number of aromatic amines is 1. The number of carbonyl (C=O) groups is 1. The first-order chi connectivity index (χ1) is 18.2. The normalized spacial score (nSPS) is 15.1. The van der Waals surface area contributed by atoms with Crippen molar-refractivity contribution in [3.05, 3.63) is 72.2 Å². The highest BCUT2D eigenvalue weighted by Gasteiger charge is 2.37. The lowest BCUT2D eigenvalue weighted by Gasteiger charge is -2.42. The van der Waals surface area contributed by atoms with Crippen LogP contribution in [-0.4, -0.2) is 54.4 Å². The Morgan fingerprint density at radius 1 is 1.18 bits per heavy atom. The van der Waals surface area contributed by atoms with Crippen molar-refractivity contribution in [1.29, 1.82) is 0 Å². The summed E-state index contributed by atoms with van der Waals surface area (Å²) in [5, 5.41) is 14.3. The molecule has 9 nitrogen and oxygen atoms in total. The first-order valence-electron chi connectivity index (χ1n) is 12.8. The molecule has 4 heterocycles. The number of hydrogen-bond donors (Lipinski definition) is 2. The van der Waals surface area contributed by atoms with Gasteiger partial charge in [-0.1, -0.05) is 12.1 Å². The van der Waals surface area contributed by atoms with E-state index in [1.165, 1.54) is 0 Å². The number of likely N-dealkylation sites (tertiary alicyclic amines) is 1. The largest absolute Gasteiger partial charge is 0.486 e. The SMILES string of the molecule is Cc1cc(C(C)Oc2ccc3[nH]nc(-c4cnn(C5CN(C(=O)C(C)(C)N)C5)c4)c3c2)c2cccnc2c1. The number of pyridine rings is 1. The second-order valence-corrected chi connectivity index (χ2v) is 10.8. The molecule has 0 spiro atoms. The summed E-state index contributed by atoms with van der Waals surface area (Å²) in [7, 11) is 0. The van der Waals surface area contributed by atoms with Crippen LogP contribution in [0.3, 0.4) is 0 Å². The fraction of sp³-hybridized carbons (Fsp3) is 0.310. The number of carbonyl (C=O) groups excluding carboxylic acids is 1. The Morgan fingerprint density at radius 2 is 2.00 bits per heavy atom. The molecular formula is C29H31N7O2. The number of aromatic nitrogens is 5. The third-order valence-electron chi connectivity index (χ3n) is 7.13. The molecule has 1 amide bonds. The zero-order valence-corrected chi connectivity index (χ0v) is 22.0. The number of nitrogens with one attached hydrogen (secondary N) is 1. The summed E-state index contributed by atoms with van der Waals surface area (Å²) < 4.78 is 8.33. The van der Waals surface area contributed by atoms with Crippen LogP contribution in [0, 0.1) is 6.92 Å². The Morgan fingerprint density at radius 3 is 2.79 bits per heavy atom. The molecule has 1 unspecified atom stereocenters. The summed E-state index contributed by atoms with van der Waals surface area (Å²) in [5.74, 6) is 0.715. The molecule has 1 fully saturated rings. The maximum atomic E-state index is 12.4. The standard InChI is InChI=1S/C29H31N7O2/c1-17-10-23(22-6-5-9-31-26(22)11-17)18(2)38-21-7-8-25-24(12-21)27(34-33-25)19-13-32-36(14-19)20-15-35(16-20)28(37)29(3,4)30/h5-14,18,20H,15-16,30H2,1-4H3,(H,33,34). The van der Waals surface area contributed by atoms with Gasteiger partial charge in [-0.25, -0.2) is 0 Å². The van der Waals surface area contributed by atoms with E-state index >= 15 is 0 Å². The summed E-state index contributed by atoms with van der Waals surface area (Å²) in [5.41, 5.74) is 11.0. The molecule has 0 aliphatic carbocycles. The Balaban J connectivity index is 1.23. The van der Waals surface area contributed by atoms with E-state index in [4.69, 9.17) is 10.5 Å². The van der Waals surface area contributed by atoms with E-state index in [2.05, 4.69) is 52.3 Å². The quantitative estimate of drug-likeness (QED) is 0.347. The average Bonchev–Trinajstić information content (AvgIpc) is 3.49. The number of fused-ring (bicyclic) bond motifs is 2. The van der Waals surface area contributed by atoms with Crippen molar-refractivity contribution < 1.29 is 9.53 Å². The van der Waals surface area contributed by atoms with Gasteiger partial charge < -0.3 is 15.4 Å². The molecule has 0 saturated carbocycles. The lowest BCUT2D eigenvalue weighted by molar-refractivity contribution is -0.141. The first kappa shape index (κ1) is 24.1. The molecule has 0 radical (unpaired) electrons. The van der Waals surface area contributed by atoms with Crippen LogP contribution in [0.2, 0.25) is 0 Å². The van der Waals surface area contributed by atoms with E-state index in [1.807, 2.05) is 47.5 Å². The van der Waals surface area contributed by atoms with Crippen molar-refractivity contribution in [2.24, 2.45) is 5.73 Å². The Hall–Kier alpha value is -4.24. The number of benzene rings is 2. The van der Waals surface area contributed by atoms with Crippen molar-refractivity contribution in [3.8, 4) is 17.0 Å². The Bertz CT molecular complexity index is 1660. The van der Waals surface area contributed by atoms with E-state index in [-0.39, 0.29) is 18.1 Å². The number of nitrogens with two attached hydrogens (primary N) is 1. The van der Waals surface area contributed by atoms with Crippen molar-refractivity contribution >= 4 is 27.7 Å². The van der Waals surface area contributed by atoms with E-state index in [9.17, 15) is 4.79 Å². The lowest BCUT2D eigenvalue weighted by Crippen LogP contribution is -2.59. The average molecular weight is 510 g/mol. The summed E-state index contributed by atoms with van der Waals surface area (Å²) in [6.45, 7) is 8.80. The lowest BCUT2D eigenvalue weighted by atomic mass is 10.0. The van der Waals surface area contributed by atoms with Crippen molar-refractivity contribution in [2.75, 3.05) is 13.1 Å². The topological polar surface area (TPSA) is 115 Å². The second kappa shape index (κ2) is 8.95. The highest BCUT2D eigenvalue weighted by molar-refractivity contribution is 5.93. The third-order valence-corrected chi connectivity index (χ3v) is 7.13. The number of amides is 1. The van der Waals surface area contributed by atoms with Crippen LogP contribution in [0.5, 0.6) is 5.75 Å². The molecule has 1 atom stereocenters. The van der Waals surface area contributed by atoms with Crippen LogP contribution in [0.15, 0.2) is 61.1 Å². The van der Waals surface area contributed by atoms with Crippen LogP contribution in [0.1, 0.15) is 44.0 Å². The number of ether oxygens (including phenoxy) is 1. The van der Waals surface area contributed by atoms with Gasteiger partial charge in [0.05, 0.1) is 28.8 Å². The molecule has 3 N–H and O–H groups in total. The van der Waals surface area contributed by atoms with Crippen molar-refractivity contribution in [2.45, 2.75) is 45.4 Å². The highest BCUT2D eigenvalue weighted by atomic mass is 16.5. The highest BCUT2D eigenvalue weighted by Crippen LogP contribution is 2.33. The van der Waals surface area contributed by atoms with E-state index < -0.39 is 5.54 Å². The zero-order chi connectivity index (χ0) is 26.6. The Kier molecular flexibility index (Phi) is 5.68.